The van der Waals surface area contributed by atoms with Gasteiger partial charge in [0.25, 0.3) is 5.91 Å². The van der Waals surface area contributed by atoms with E-state index >= 15 is 0 Å². The number of amides is 2. The van der Waals surface area contributed by atoms with Gasteiger partial charge in [-0.05, 0) is 30.5 Å². The Bertz CT molecular complexity index is 745. The minimum Gasteiger partial charge on any atom is -0.341 e. The average Bonchev–Trinajstić information content (AvgIpc) is 3.16. The third-order valence-corrected chi connectivity index (χ3v) is 4.49. The maximum atomic E-state index is 12.8. The van der Waals surface area contributed by atoms with Gasteiger partial charge in [-0.1, -0.05) is 41.9 Å². The number of pyridine rings is 1. The quantitative estimate of drug-likeness (QED) is 0.894. The fraction of sp³-hybridized carbons (Fsp3) is 0.316. The van der Waals surface area contributed by atoms with Gasteiger partial charge in [-0.15, -0.1) is 0 Å². The van der Waals surface area contributed by atoms with Crippen LogP contribution in [0.25, 0.3) is 0 Å². The van der Waals surface area contributed by atoms with Crippen LogP contribution in [0.5, 0.6) is 0 Å². The molecule has 0 radical (unpaired) electrons. The second kappa shape index (κ2) is 8.12. The Hall–Kier alpha value is -2.40. The average molecular weight is 358 g/mol. The maximum absolute atomic E-state index is 12.8. The van der Waals surface area contributed by atoms with E-state index in [1.165, 1.54) is 12.3 Å². The van der Waals surface area contributed by atoms with Gasteiger partial charge in [0.15, 0.2) is 0 Å². The van der Waals surface area contributed by atoms with Crippen LogP contribution in [-0.2, 0) is 11.2 Å². The lowest BCUT2D eigenvalue weighted by molar-refractivity contribution is -0.132. The van der Waals surface area contributed by atoms with Crippen LogP contribution in [0.1, 0.15) is 28.9 Å². The standard InChI is InChI=1S/C19H20ClN3O2/c20-15-8-9-21-16(13-15)18(24)22-17(12-14-6-2-1-3-7-14)19(25)23-10-4-5-11-23/h1-3,6-9,13,17H,4-5,10-12H2,(H,22,24). The highest BCUT2D eigenvalue weighted by atomic mass is 35.5. The molecule has 25 heavy (non-hydrogen) atoms. The van der Waals surface area contributed by atoms with Gasteiger partial charge < -0.3 is 10.2 Å². The molecular formula is C19H20ClN3O2. The van der Waals surface area contributed by atoms with Crippen molar-refractivity contribution in [2.75, 3.05) is 13.1 Å². The summed E-state index contributed by atoms with van der Waals surface area (Å²) in [5.41, 5.74) is 1.21. The zero-order chi connectivity index (χ0) is 17.6. The number of benzene rings is 1. The lowest BCUT2D eigenvalue weighted by Crippen LogP contribution is -2.49. The summed E-state index contributed by atoms with van der Waals surface area (Å²) in [5, 5.41) is 3.27. The molecule has 0 saturated carbocycles. The monoisotopic (exact) mass is 357 g/mol. The molecule has 1 aliphatic heterocycles. The van der Waals surface area contributed by atoms with Crippen LogP contribution in [0.2, 0.25) is 5.02 Å². The summed E-state index contributed by atoms with van der Waals surface area (Å²) < 4.78 is 0. The number of rotatable bonds is 5. The summed E-state index contributed by atoms with van der Waals surface area (Å²) in [5.74, 6) is -0.437. The predicted octanol–water partition coefficient (Wildman–Crippen LogP) is 2.70. The first kappa shape index (κ1) is 17.4. The molecule has 2 aromatic rings. The number of likely N-dealkylation sites (tertiary alicyclic amines) is 1. The van der Waals surface area contributed by atoms with E-state index in [1.807, 2.05) is 35.2 Å². The van der Waals surface area contributed by atoms with Crippen molar-refractivity contribution in [1.29, 1.82) is 0 Å². The Morgan fingerprint density at radius 2 is 1.88 bits per heavy atom. The third kappa shape index (κ3) is 4.57. The maximum Gasteiger partial charge on any atom is 0.270 e. The van der Waals surface area contributed by atoms with Crippen molar-refractivity contribution in [2.24, 2.45) is 0 Å². The molecule has 1 saturated heterocycles. The molecule has 2 amide bonds. The predicted molar refractivity (Wildman–Crippen MR) is 96.5 cm³/mol. The fourth-order valence-corrected chi connectivity index (χ4v) is 3.13. The number of carbonyl (C=O) groups excluding carboxylic acids is 2. The lowest BCUT2D eigenvalue weighted by atomic mass is 10.0. The molecule has 1 N–H and O–H groups in total. The number of nitrogens with zero attached hydrogens (tertiary/aromatic N) is 2. The van der Waals surface area contributed by atoms with Crippen molar-refractivity contribution in [3.8, 4) is 0 Å². The summed E-state index contributed by atoms with van der Waals surface area (Å²) >= 11 is 5.93. The van der Waals surface area contributed by atoms with Crippen LogP contribution in [0, 0.1) is 0 Å². The molecule has 2 heterocycles. The van der Waals surface area contributed by atoms with E-state index in [0.717, 1.165) is 31.5 Å². The largest absolute Gasteiger partial charge is 0.341 e. The van der Waals surface area contributed by atoms with E-state index in [4.69, 9.17) is 11.6 Å². The molecule has 0 aliphatic carbocycles. The number of aromatic nitrogens is 1. The smallest absolute Gasteiger partial charge is 0.270 e. The first-order valence-corrected chi connectivity index (χ1v) is 8.76. The lowest BCUT2D eigenvalue weighted by Gasteiger charge is -2.24. The van der Waals surface area contributed by atoms with E-state index in [9.17, 15) is 9.59 Å². The highest BCUT2D eigenvalue weighted by Crippen LogP contribution is 2.13. The van der Waals surface area contributed by atoms with Crippen LogP contribution in [-0.4, -0.2) is 40.8 Å². The molecule has 1 aromatic carbocycles. The second-order valence-corrected chi connectivity index (χ2v) is 6.54. The van der Waals surface area contributed by atoms with Crippen molar-refractivity contribution in [3.63, 3.8) is 0 Å². The minimum atomic E-state index is -0.617. The first-order chi connectivity index (χ1) is 12.1. The molecule has 1 unspecified atom stereocenters. The Morgan fingerprint density at radius 3 is 2.56 bits per heavy atom. The number of carbonyl (C=O) groups is 2. The molecule has 1 fully saturated rings. The first-order valence-electron chi connectivity index (χ1n) is 8.38. The summed E-state index contributed by atoms with van der Waals surface area (Å²) in [6.07, 6.45) is 3.94. The molecule has 6 heteroatoms. The fourth-order valence-electron chi connectivity index (χ4n) is 2.97. The number of hydrogen-bond donors (Lipinski definition) is 1. The van der Waals surface area contributed by atoms with Crippen LogP contribution in [0.4, 0.5) is 0 Å². The van der Waals surface area contributed by atoms with Crippen molar-refractivity contribution in [3.05, 3.63) is 64.9 Å². The van der Waals surface area contributed by atoms with Crippen molar-refractivity contribution in [2.45, 2.75) is 25.3 Å². The number of nitrogens with one attached hydrogen (secondary N) is 1. The zero-order valence-corrected chi connectivity index (χ0v) is 14.6. The molecule has 1 aliphatic rings. The van der Waals surface area contributed by atoms with Gasteiger partial charge in [-0.25, -0.2) is 0 Å². The van der Waals surface area contributed by atoms with E-state index in [0.29, 0.717) is 11.4 Å². The van der Waals surface area contributed by atoms with E-state index in [-0.39, 0.29) is 11.6 Å². The molecule has 130 valence electrons. The topological polar surface area (TPSA) is 62.3 Å². The molecule has 0 bridgehead atoms. The van der Waals surface area contributed by atoms with Crippen LogP contribution in [0.3, 0.4) is 0 Å². The number of hydrogen-bond acceptors (Lipinski definition) is 3. The molecule has 1 atom stereocenters. The summed E-state index contributed by atoms with van der Waals surface area (Å²) in [4.78, 5) is 31.2. The molecule has 1 aromatic heterocycles. The van der Waals surface area contributed by atoms with Gasteiger partial charge >= 0.3 is 0 Å². The molecule has 0 spiro atoms. The molecule has 5 nitrogen and oxygen atoms in total. The Labute approximate surface area is 152 Å². The van der Waals surface area contributed by atoms with Gasteiger partial charge in [0.2, 0.25) is 5.91 Å². The molecule has 3 rings (SSSR count). The second-order valence-electron chi connectivity index (χ2n) is 6.11. The van der Waals surface area contributed by atoms with Crippen LogP contribution < -0.4 is 5.32 Å². The summed E-state index contributed by atoms with van der Waals surface area (Å²) in [7, 11) is 0. The highest BCUT2D eigenvalue weighted by molar-refractivity contribution is 6.30. The van der Waals surface area contributed by atoms with Gasteiger partial charge in [0, 0.05) is 30.7 Å². The van der Waals surface area contributed by atoms with E-state index in [2.05, 4.69) is 10.3 Å². The Kier molecular flexibility index (Phi) is 5.66. The zero-order valence-electron chi connectivity index (χ0n) is 13.8. The van der Waals surface area contributed by atoms with Gasteiger partial charge in [-0.2, -0.15) is 0 Å². The van der Waals surface area contributed by atoms with Crippen molar-refractivity contribution >= 4 is 23.4 Å². The van der Waals surface area contributed by atoms with E-state index in [1.54, 1.807) is 6.07 Å². The van der Waals surface area contributed by atoms with Gasteiger partial charge in [-0.3, -0.25) is 14.6 Å². The van der Waals surface area contributed by atoms with Crippen LogP contribution >= 0.6 is 11.6 Å². The number of halogens is 1. The summed E-state index contributed by atoms with van der Waals surface area (Å²) in [6, 6.07) is 12.2. The summed E-state index contributed by atoms with van der Waals surface area (Å²) in [6.45, 7) is 1.49. The van der Waals surface area contributed by atoms with Crippen molar-refractivity contribution < 1.29 is 9.59 Å². The minimum absolute atomic E-state index is 0.0447. The van der Waals surface area contributed by atoms with Gasteiger partial charge in [0.1, 0.15) is 11.7 Å². The van der Waals surface area contributed by atoms with Crippen LogP contribution in [0.15, 0.2) is 48.7 Å². The van der Waals surface area contributed by atoms with E-state index < -0.39 is 11.9 Å². The Balaban J connectivity index is 1.77. The third-order valence-electron chi connectivity index (χ3n) is 4.26. The highest BCUT2D eigenvalue weighted by Gasteiger charge is 2.28. The van der Waals surface area contributed by atoms with Gasteiger partial charge in [0.05, 0.1) is 0 Å². The SMILES string of the molecule is O=C(NC(Cc1ccccc1)C(=O)N1CCCC1)c1cc(Cl)ccn1. The molecular weight excluding hydrogens is 338 g/mol. The normalized spacial score (nSPS) is 15.0. The Morgan fingerprint density at radius 1 is 1.16 bits per heavy atom. The van der Waals surface area contributed by atoms with Crippen molar-refractivity contribution in [1.82, 2.24) is 15.2 Å².